The summed E-state index contributed by atoms with van der Waals surface area (Å²) in [5, 5.41) is 10.8. The molecule has 1 amide bonds. The summed E-state index contributed by atoms with van der Waals surface area (Å²) in [6.07, 6.45) is 3.58. The van der Waals surface area contributed by atoms with Crippen LogP contribution in [0.15, 0.2) is 53.3 Å². The van der Waals surface area contributed by atoms with E-state index in [0.717, 1.165) is 22.5 Å². The Bertz CT molecular complexity index is 1020. The maximum absolute atomic E-state index is 11.0. The van der Waals surface area contributed by atoms with Gasteiger partial charge in [-0.25, -0.2) is 9.50 Å². The number of hydrogen-bond acceptors (Lipinski definition) is 6. The predicted octanol–water partition coefficient (Wildman–Crippen LogP) is 2.08. The molecule has 1 N–H and O–H groups in total. The van der Waals surface area contributed by atoms with Crippen LogP contribution in [0, 0.1) is 0 Å². The molecule has 4 rings (SSSR count). The van der Waals surface area contributed by atoms with E-state index in [1.165, 1.54) is 6.92 Å². The van der Waals surface area contributed by atoms with Gasteiger partial charge < -0.3 is 9.84 Å². The van der Waals surface area contributed by atoms with Gasteiger partial charge in [0.1, 0.15) is 0 Å². The topological polar surface area (TPSA) is 98.2 Å². The van der Waals surface area contributed by atoms with Gasteiger partial charge in [-0.2, -0.15) is 10.1 Å². The van der Waals surface area contributed by atoms with Gasteiger partial charge in [0.05, 0.1) is 18.4 Å². The summed E-state index contributed by atoms with van der Waals surface area (Å²) in [6, 6.07) is 11.4. The first-order valence-electron chi connectivity index (χ1n) is 7.67. The first kappa shape index (κ1) is 15.0. The van der Waals surface area contributed by atoms with Gasteiger partial charge in [0.25, 0.3) is 0 Å². The van der Waals surface area contributed by atoms with Crippen LogP contribution < -0.4 is 5.32 Å². The first-order chi connectivity index (χ1) is 12.2. The summed E-state index contributed by atoms with van der Waals surface area (Å²) in [7, 11) is 0. The fourth-order valence-electron chi connectivity index (χ4n) is 2.43. The molecule has 8 nitrogen and oxygen atoms in total. The zero-order valence-corrected chi connectivity index (χ0v) is 13.4. The monoisotopic (exact) mass is 334 g/mol. The SMILES string of the molecule is CC(=O)NCc1nc(-c2cccc(-c3cn4ncccc4n3)c2)no1. The van der Waals surface area contributed by atoms with Crippen molar-refractivity contribution in [3.8, 4) is 22.6 Å². The van der Waals surface area contributed by atoms with Crippen LogP contribution in [0.1, 0.15) is 12.8 Å². The molecule has 0 aliphatic rings. The smallest absolute Gasteiger partial charge is 0.246 e. The highest BCUT2D eigenvalue weighted by Gasteiger charge is 2.11. The number of nitrogens with zero attached hydrogens (tertiary/aromatic N) is 5. The quantitative estimate of drug-likeness (QED) is 0.613. The van der Waals surface area contributed by atoms with Gasteiger partial charge in [-0.05, 0) is 18.2 Å². The molecule has 1 aromatic carbocycles. The van der Waals surface area contributed by atoms with Crippen LogP contribution >= 0.6 is 0 Å². The lowest BCUT2D eigenvalue weighted by Gasteiger charge is -1.99. The highest BCUT2D eigenvalue weighted by Crippen LogP contribution is 2.24. The van der Waals surface area contributed by atoms with Crippen LogP contribution in [0.2, 0.25) is 0 Å². The molecular formula is C17H14N6O2. The van der Waals surface area contributed by atoms with Gasteiger partial charge in [0.2, 0.25) is 17.6 Å². The number of nitrogens with one attached hydrogen (secondary N) is 1. The van der Waals surface area contributed by atoms with Crippen molar-refractivity contribution in [3.05, 3.63) is 54.7 Å². The van der Waals surface area contributed by atoms with Crippen molar-refractivity contribution < 1.29 is 9.32 Å². The fourth-order valence-corrected chi connectivity index (χ4v) is 2.43. The van der Waals surface area contributed by atoms with E-state index in [2.05, 4.69) is 25.5 Å². The molecule has 0 saturated heterocycles. The fraction of sp³-hybridized carbons (Fsp3) is 0.118. The summed E-state index contributed by atoms with van der Waals surface area (Å²) in [6.45, 7) is 1.64. The van der Waals surface area contributed by atoms with Crippen molar-refractivity contribution in [1.82, 2.24) is 30.1 Å². The second-order valence-corrected chi connectivity index (χ2v) is 5.45. The lowest BCUT2D eigenvalue weighted by Crippen LogP contribution is -2.18. The van der Waals surface area contributed by atoms with Gasteiger partial charge in [0.15, 0.2) is 5.65 Å². The van der Waals surface area contributed by atoms with Gasteiger partial charge in [-0.15, -0.1) is 0 Å². The molecule has 0 unspecified atom stereocenters. The largest absolute Gasteiger partial charge is 0.347 e. The van der Waals surface area contributed by atoms with Crippen LogP contribution in [0.25, 0.3) is 28.3 Å². The van der Waals surface area contributed by atoms with Gasteiger partial charge >= 0.3 is 0 Å². The van der Waals surface area contributed by atoms with Crippen molar-refractivity contribution in [2.24, 2.45) is 0 Å². The Balaban J connectivity index is 1.64. The van der Waals surface area contributed by atoms with Crippen molar-refractivity contribution in [1.29, 1.82) is 0 Å². The number of aromatic nitrogens is 5. The van der Waals surface area contributed by atoms with E-state index < -0.39 is 0 Å². The summed E-state index contributed by atoms with van der Waals surface area (Å²) < 4.78 is 6.88. The Morgan fingerprint density at radius 1 is 1.20 bits per heavy atom. The maximum atomic E-state index is 11.0. The Kier molecular flexibility index (Phi) is 3.70. The van der Waals surface area contributed by atoms with E-state index in [4.69, 9.17) is 4.52 Å². The number of carbonyl (C=O) groups excluding carboxylic acids is 1. The summed E-state index contributed by atoms with van der Waals surface area (Å²) in [5.74, 6) is 0.666. The number of fused-ring (bicyclic) bond motifs is 1. The average Bonchev–Trinajstić information content (AvgIpc) is 3.27. The average molecular weight is 334 g/mol. The zero-order valence-electron chi connectivity index (χ0n) is 13.4. The van der Waals surface area contributed by atoms with Gasteiger partial charge in [0, 0.05) is 24.2 Å². The van der Waals surface area contributed by atoms with Crippen LogP contribution in [0.5, 0.6) is 0 Å². The maximum Gasteiger partial charge on any atom is 0.246 e. The predicted molar refractivity (Wildman–Crippen MR) is 89.2 cm³/mol. The third kappa shape index (κ3) is 3.09. The minimum absolute atomic E-state index is 0.151. The molecule has 0 saturated carbocycles. The lowest BCUT2D eigenvalue weighted by molar-refractivity contribution is -0.119. The second-order valence-electron chi connectivity index (χ2n) is 5.45. The molecule has 0 bridgehead atoms. The minimum Gasteiger partial charge on any atom is -0.347 e. The lowest BCUT2D eigenvalue weighted by atomic mass is 10.1. The summed E-state index contributed by atoms with van der Waals surface area (Å²) >= 11 is 0. The minimum atomic E-state index is -0.151. The molecule has 25 heavy (non-hydrogen) atoms. The number of amides is 1. The van der Waals surface area contributed by atoms with Crippen molar-refractivity contribution in [2.75, 3.05) is 0 Å². The Morgan fingerprint density at radius 2 is 2.08 bits per heavy atom. The molecule has 3 aromatic heterocycles. The Morgan fingerprint density at radius 3 is 2.92 bits per heavy atom. The molecular weight excluding hydrogens is 320 g/mol. The number of imidazole rings is 1. The summed E-state index contributed by atoms with van der Waals surface area (Å²) in [4.78, 5) is 19.8. The molecule has 0 aliphatic carbocycles. The van der Waals surface area contributed by atoms with Crippen molar-refractivity contribution in [3.63, 3.8) is 0 Å². The van der Waals surface area contributed by atoms with Crippen LogP contribution in [0.4, 0.5) is 0 Å². The standard InChI is InChI=1S/C17H14N6O2/c1-11(24)18-9-16-21-17(22-25-16)13-5-2-4-12(8-13)14-10-23-15(20-14)6-3-7-19-23/h2-8,10H,9H2,1H3,(H,18,24). The number of carbonyl (C=O) groups is 1. The van der Waals surface area contributed by atoms with Crippen LogP contribution in [0.3, 0.4) is 0 Å². The van der Waals surface area contributed by atoms with E-state index >= 15 is 0 Å². The van der Waals surface area contributed by atoms with Crippen LogP contribution in [-0.2, 0) is 11.3 Å². The van der Waals surface area contributed by atoms with Gasteiger partial charge in [-0.3, -0.25) is 4.79 Å². The molecule has 4 aromatic rings. The van der Waals surface area contributed by atoms with E-state index in [0.29, 0.717) is 11.7 Å². The molecule has 0 fully saturated rings. The molecule has 8 heteroatoms. The van der Waals surface area contributed by atoms with Crippen molar-refractivity contribution in [2.45, 2.75) is 13.5 Å². The second kappa shape index (κ2) is 6.16. The number of benzene rings is 1. The molecule has 0 radical (unpaired) electrons. The number of hydrogen-bond donors (Lipinski definition) is 1. The van der Waals surface area contributed by atoms with E-state index in [-0.39, 0.29) is 12.5 Å². The molecule has 0 aliphatic heterocycles. The third-order valence-electron chi connectivity index (χ3n) is 3.61. The van der Waals surface area contributed by atoms with Crippen LogP contribution in [-0.4, -0.2) is 30.6 Å². The first-order valence-corrected chi connectivity index (χ1v) is 7.67. The Labute approximate surface area is 142 Å². The third-order valence-corrected chi connectivity index (χ3v) is 3.61. The Hall–Kier alpha value is -3.55. The molecule has 3 heterocycles. The van der Waals surface area contributed by atoms with Gasteiger partial charge in [-0.1, -0.05) is 23.4 Å². The highest BCUT2D eigenvalue weighted by molar-refractivity contribution is 5.72. The summed E-state index contributed by atoms with van der Waals surface area (Å²) in [5.41, 5.74) is 3.32. The molecule has 0 spiro atoms. The molecule has 0 atom stereocenters. The number of rotatable bonds is 4. The van der Waals surface area contributed by atoms with E-state index in [1.807, 2.05) is 42.6 Å². The zero-order chi connectivity index (χ0) is 17.2. The van der Waals surface area contributed by atoms with E-state index in [9.17, 15) is 4.79 Å². The van der Waals surface area contributed by atoms with Crippen molar-refractivity contribution >= 4 is 11.6 Å². The van der Waals surface area contributed by atoms with E-state index in [1.54, 1.807) is 10.7 Å². The highest BCUT2D eigenvalue weighted by atomic mass is 16.5. The molecule has 124 valence electrons. The normalized spacial score (nSPS) is 10.9.